The normalized spacial score (nSPS) is 13.5. The molecule has 39 heavy (non-hydrogen) atoms. The fraction of sp³-hybridized carbons (Fsp3) is 0.0857. The van der Waals surface area contributed by atoms with Gasteiger partial charge in [0.1, 0.15) is 6.07 Å². The average molecular weight is 499 g/mol. The number of nitriles is 2. The summed E-state index contributed by atoms with van der Waals surface area (Å²) in [7, 11) is 0. The molecule has 0 radical (unpaired) electrons. The molecule has 7 aromatic rings. The molecule has 2 aromatic heterocycles. The van der Waals surface area contributed by atoms with E-state index in [1.807, 2.05) is 12.1 Å². The molecule has 182 valence electrons. The van der Waals surface area contributed by atoms with Crippen molar-refractivity contribution in [2.45, 2.75) is 19.3 Å². The summed E-state index contributed by atoms with van der Waals surface area (Å²) in [4.78, 5) is 0. The molecule has 5 aromatic carbocycles. The van der Waals surface area contributed by atoms with Gasteiger partial charge in [0.2, 0.25) is 0 Å². The van der Waals surface area contributed by atoms with Crippen LogP contribution in [0.3, 0.4) is 0 Å². The highest BCUT2D eigenvalue weighted by Crippen LogP contribution is 2.49. The number of benzene rings is 5. The minimum absolute atomic E-state index is 0.372. The summed E-state index contributed by atoms with van der Waals surface area (Å²) < 4.78 is 4.61. The van der Waals surface area contributed by atoms with E-state index in [0.717, 1.165) is 44.4 Å². The van der Waals surface area contributed by atoms with E-state index in [-0.39, 0.29) is 5.41 Å². The Hall–Kier alpha value is -5.32. The van der Waals surface area contributed by atoms with E-state index < -0.39 is 0 Å². The molecule has 4 heteroatoms. The van der Waals surface area contributed by atoms with Gasteiger partial charge in [-0.2, -0.15) is 10.5 Å². The van der Waals surface area contributed by atoms with Gasteiger partial charge in [0.15, 0.2) is 0 Å². The first-order chi connectivity index (χ1) is 19.0. The predicted molar refractivity (Wildman–Crippen MR) is 157 cm³/mol. The van der Waals surface area contributed by atoms with E-state index in [1.165, 1.54) is 21.7 Å². The van der Waals surface area contributed by atoms with Gasteiger partial charge >= 0.3 is 0 Å². The molecule has 0 spiro atoms. The third kappa shape index (κ3) is 2.65. The second-order valence-electron chi connectivity index (χ2n) is 10.9. The van der Waals surface area contributed by atoms with Crippen LogP contribution in [0.5, 0.6) is 0 Å². The molecule has 1 aliphatic rings. The Labute approximate surface area is 225 Å². The SMILES string of the molecule is CC1(C)c2cc(C#N)cc(C#N)c2-n2c3cc4c5ccccc5n(-c5ccccc5)c4cc3c3cccc1c32. The van der Waals surface area contributed by atoms with Crippen LogP contribution in [0.25, 0.3) is 55.0 Å². The van der Waals surface area contributed by atoms with E-state index in [9.17, 15) is 10.5 Å². The van der Waals surface area contributed by atoms with Crippen molar-refractivity contribution in [3.8, 4) is 23.5 Å². The molecule has 0 aliphatic carbocycles. The number of hydrogen-bond acceptors (Lipinski definition) is 2. The smallest absolute Gasteiger partial charge is 0.101 e. The Balaban J connectivity index is 1.62. The lowest BCUT2D eigenvalue weighted by Crippen LogP contribution is -2.27. The van der Waals surface area contributed by atoms with Crippen LogP contribution in [0.4, 0.5) is 0 Å². The molecule has 0 fully saturated rings. The fourth-order valence-corrected chi connectivity index (χ4v) is 6.77. The third-order valence-corrected chi connectivity index (χ3v) is 8.52. The maximum absolute atomic E-state index is 10.3. The Morgan fingerprint density at radius 2 is 1.28 bits per heavy atom. The minimum Gasteiger partial charge on any atom is -0.309 e. The molecule has 4 nitrogen and oxygen atoms in total. The molecular weight excluding hydrogens is 476 g/mol. The lowest BCUT2D eigenvalue weighted by atomic mass is 9.73. The van der Waals surface area contributed by atoms with Gasteiger partial charge in [0.05, 0.1) is 45.0 Å². The number of aromatic nitrogens is 2. The van der Waals surface area contributed by atoms with Gasteiger partial charge in [-0.05, 0) is 53.6 Å². The molecule has 3 heterocycles. The zero-order chi connectivity index (χ0) is 26.5. The Morgan fingerprint density at radius 1 is 0.590 bits per heavy atom. The van der Waals surface area contributed by atoms with Gasteiger partial charge in [-0.15, -0.1) is 0 Å². The molecular formula is C35H22N4. The summed E-state index contributed by atoms with van der Waals surface area (Å²) in [5.74, 6) is 0. The highest BCUT2D eigenvalue weighted by atomic mass is 15.0. The van der Waals surface area contributed by atoms with E-state index in [2.05, 4.69) is 114 Å². The van der Waals surface area contributed by atoms with E-state index in [1.54, 1.807) is 6.07 Å². The molecule has 0 unspecified atom stereocenters. The minimum atomic E-state index is -0.372. The molecule has 0 N–H and O–H groups in total. The Kier molecular flexibility index (Phi) is 4.11. The average Bonchev–Trinajstić information content (AvgIpc) is 3.47. The topological polar surface area (TPSA) is 57.4 Å². The molecule has 8 rings (SSSR count). The number of fused-ring (bicyclic) bond motifs is 8. The summed E-state index contributed by atoms with van der Waals surface area (Å²) in [5.41, 5.74) is 9.38. The van der Waals surface area contributed by atoms with Crippen LogP contribution in [-0.4, -0.2) is 9.13 Å². The molecule has 0 bridgehead atoms. The largest absolute Gasteiger partial charge is 0.309 e. The zero-order valence-electron chi connectivity index (χ0n) is 21.5. The summed E-state index contributed by atoms with van der Waals surface area (Å²) in [6, 6.07) is 38.5. The summed E-state index contributed by atoms with van der Waals surface area (Å²) >= 11 is 0. The monoisotopic (exact) mass is 498 g/mol. The second kappa shape index (κ2) is 7.38. The van der Waals surface area contributed by atoms with Crippen LogP contribution < -0.4 is 0 Å². The maximum Gasteiger partial charge on any atom is 0.101 e. The number of rotatable bonds is 1. The van der Waals surface area contributed by atoms with Gasteiger partial charge in [-0.25, -0.2) is 0 Å². The van der Waals surface area contributed by atoms with Gasteiger partial charge in [0.25, 0.3) is 0 Å². The van der Waals surface area contributed by atoms with Crippen LogP contribution in [-0.2, 0) is 5.41 Å². The van der Waals surface area contributed by atoms with Crippen LogP contribution in [0.1, 0.15) is 36.1 Å². The molecule has 0 amide bonds. The fourth-order valence-electron chi connectivity index (χ4n) is 6.77. The first-order valence-corrected chi connectivity index (χ1v) is 13.1. The van der Waals surface area contributed by atoms with Crippen LogP contribution in [0.15, 0.2) is 97.1 Å². The molecule has 0 atom stereocenters. The van der Waals surface area contributed by atoms with Crippen LogP contribution in [0.2, 0.25) is 0 Å². The van der Waals surface area contributed by atoms with Crippen molar-refractivity contribution in [3.05, 3.63) is 119 Å². The first kappa shape index (κ1) is 21.7. The van der Waals surface area contributed by atoms with Crippen molar-refractivity contribution in [1.82, 2.24) is 9.13 Å². The first-order valence-electron chi connectivity index (χ1n) is 13.1. The molecule has 0 saturated carbocycles. The lowest BCUT2D eigenvalue weighted by molar-refractivity contribution is 0.629. The Morgan fingerprint density at radius 3 is 2.05 bits per heavy atom. The highest BCUT2D eigenvalue weighted by molar-refractivity contribution is 6.20. The van der Waals surface area contributed by atoms with Crippen molar-refractivity contribution < 1.29 is 0 Å². The van der Waals surface area contributed by atoms with Gasteiger partial charge < -0.3 is 9.13 Å². The third-order valence-electron chi connectivity index (χ3n) is 8.52. The maximum atomic E-state index is 10.3. The van der Waals surface area contributed by atoms with Gasteiger partial charge in [0, 0.05) is 32.6 Å². The Bertz CT molecular complexity index is 2260. The van der Waals surface area contributed by atoms with Crippen molar-refractivity contribution >= 4 is 43.6 Å². The second-order valence-corrected chi connectivity index (χ2v) is 10.9. The van der Waals surface area contributed by atoms with Gasteiger partial charge in [-0.3, -0.25) is 0 Å². The quantitative estimate of drug-likeness (QED) is 0.229. The molecule has 0 saturated heterocycles. The van der Waals surface area contributed by atoms with E-state index in [4.69, 9.17) is 0 Å². The van der Waals surface area contributed by atoms with Crippen molar-refractivity contribution in [1.29, 1.82) is 10.5 Å². The highest BCUT2D eigenvalue weighted by Gasteiger charge is 2.37. The zero-order valence-corrected chi connectivity index (χ0v) is 21.5. The van der Waals surface area contributed by atoms with E-state index >= 15 is 0 Å². The standard InChI is InChI=1S/C35H22N4/c1-35(2)28-13-8-12-25-27-18-31-26(24-11-6-7-14-30(24)38(31)23-9-4-3-5-10-23)17-32(27)39(34(25)28)33-22(20-37)15-21(19-36)16-29(33)35/h3-18H,1-2H3. The van der Waals surface area contributed by atoms with Crippen molar-refractivity contribution in [2.75, 3.05) is 0 Å². The number of hydrogen-bond donors (Lipinski definition) is 0. The summed E-state index contributed by atoms with van der Waals surface area (Å²) in [5, 5.41) is 24.7. The summed E-state index contributed by atoms with van der Waals surface area (Å²) in [6.07, 6.45) is 0. The van der Waals surface area contributed by atoms with Crippen LogP contribution in [0, 0.1) is 22.7 Å². The lowest BCUT2D eigenvalue weighted by Gasteiger charge is -2.35. The summed E-state index contributed by atoms with van der Waals surface area (Å²) in [6.45, 7) is 4.38. The van der Waals surface area contributed by atoms with Crippen molar-refractivity contribution in [2.24, 2.45) is 0 Å². The number of para-hydroxylation sites is 3. The predicted octanol–water partition coefficient (Wildman–Crippen LogP) is 8.26. The van der Waals surface area contributed by atoms with Gasteiger partial charge in [-0.1, -0.05) is 68.4 Å². The van der Waals surface area contributed by atoms with E-state index in [0.29, 0.717) is 11.1 Å². The van der Waals surface area contributed by atoms with Crippen molar-refractivity contribution in [3.63, 3.8) is 0 Å². The van der Waals surface area contributed by atoms with Crippen LogP contribution >= 0.6 is 0 Å². The number of nitrogens with zero attached hydrogens (tertiary/aromatic N) is 4. The molecule has 1 aliphatic heterocycles.